The molecule has 0 unspecified atom stereocenters. The van der Waals surface area contributed by atoms with Crippen molar-refractivity contribution in [2.24, 2.45) is 7.05 Å². The molecule has 0 spiro atoms. The summed E-state index contributed by atoms with van der Waals surface area (Å²) >= 11 is 0. The van der Waals surface area contributed by atoms with Gasteiger partial charge < -0.3 is 0 Å². The van der Waals surface area contributed by atoms with Crippen molar-refractivity contribution in [1.29, 1.82) is 0 Å². The fourth-order valence-electron chi connectivity index (χ4n) is 2.03. The van der Waals surface area contributed by atoms with Gasteiger partial charge in [0.25, 0.3) is 0 Å². The Bertz CT molecular complexity index is 636. The van der Waals surface area contributed by atoms with Crippen LogP contribution in [-0.4, -0.2) is 9.78 Å². The first-order valence-corrected chi connectivity index (χ1v) is 5.98. The van der Waals surface area contributed by atoms with Crippen molar-refractivity contribution in [2.45, 2.75) is 0 Å². The molecule has 1 heterocycles. The predicted molar refractivity (Wildman–Crippen MR) is 74.1 cm³/mol. The predicted octanol–water partition coefficient (Wildman–Crippen LogP) is 3.75. The molecule has 0 fully saturated rings. The lowest BCUT2D eigenvalue weighted by atomic mass is 10.0. The summed E-state index contributed by atoms with van der Waals surface area (Å²) in [4.78, 5) is 0. The number of aryl methyl sites for hydroxylation is 1. The van der Waals surface area contributed by atoms with E-state index < -0.39 is 0 Å². The zero-order valence-corrected chi connectivity index (χ0v) is 10.2. The van der Waals surface area contributed by atoms with Gasteiger partial charge in [-0.05, 0) is 17.2 Å². The van der Waals surface area contributed by atoms with Crippen LogP contribution in [0.4, 0.5) is 0 Å². The number of rotatable bonds is 2. The Labute approximate surface area is 107 Å². The van der Waals surface area contributed by atoms with E-state index in [1.807, 2.05) is 30.1 Å². The maximum absolute atomic E-state index is 4.40. The van der Waals surface area contributed by atoms with Crippen LogP contribution in [0.2, 0.25) is 0 Å². The smallest absolute Gasteiger partial charge is 0.0923 e. The Kier molecular flexibility index (Phi) is 2.69. The zero-order valence-electron chi connectivity index (χ0n) is 10.2. The lowest BCUT2D eigenvalue weighted by Gasteiger charge is -2.02. The molecule has 2 aromatic carbocycles. The van der Waals surface area contributed by atoms with E-state index in [9.17, 15) is 0 Å². The highest BCUT2D eigenvalue weighted by Crippen LogP contribution is 2.23. The van der Waals surface area contributed by atoms with E-state index in [4.69, 9.17) is 0 Å². The average molecular weight is 234 g/mol. The van der Waals surface area contributed by atoms with Crippen molar-refractivity contribution in [2.75, 3.05) is 0 Å². The van der Waals surface area contributed by atoms with Gasteiger partial charge in [0.15, 0.2) is 0 Å². The first-order chi connectivity index (χ1) is 8.83. The molecule has 18 heavy (non-hydrogen) atoms. The van der Waals surface area contributed by atoms with Gasteiger partial charge >= 0.3 is 0 Å². The zero-order chi connectivity index (χ0) is 12.4. The van der Waals surface area contributed by atoms with Crippen LogP contribution in [0.5, 0.6) is 0 Å². The fourth-order valence-corrected chi connectivity index (χ4v) is 2.03. The lowest BCUT2D eigenvalue weighted by Crippen LogP contribution is -1.87. The Balaban J connectivity index is 1.94. The van der Waals surface area contributed by atoms with Crippen LogP contribution < -0.4 is 0 Å². The second-order valence-corrected chi connectivity index (χ2v) is 4.32. The molecule has 0 atom stereocenters. The van der Waals surface area contributed by atoms with Gasteiger partial charge in [0.1, 0.15) is 0 Å². The van der Waals surface area contributed by atoms with Crippen LogP contribution in [0, 0.1) is 0 Å². The van der Waals surface area contributed by atoms with Gasteiger partial charge in [-0.2, -0.15) is 5.10 Å². The summed E-state index contributed by atoms with van der Waals surface area (Å²) < 4.78 is 1.82. The number of nitrogens with zero attached hydrogens (tertiary/aromatic N) is 2. The summed E-state index contributed by atoms with van der Waals surface area (Å²) in [6.45, 7) is 0. The normalized spacial score (nSPS) is 10.5. The molecular weight excluding hydrogens is 220 g/mol. The van der Waals surface area contributed by atoms with Crippen molar-refractivity contribution in [3.05, 3.63) is 66.9 Å². The Morgan fingerprint density at radius 1 is 0.722 bits per heavy atom. The molecule has 0 saturated carbocycles. The van der Waals surface area contributed by atoms with Gasteiger partial charge in [0, 0.05) is 18.8 Å². The van der Waals surface area contributed by atoms with Crippen LogP contribution in [0.1, 0.15) is 0 Å². The minimum absolute atomic E-state index is 1.01. The summed E-state index contributed by atoms with van der Waals surface area (Å²) in [5, 5.41) is 4.40. The standard InChI is InChI=1S/C16H14N2/c1-18-12-11-16(17-18)15-9-7-14(8-10-15)13-5-3-2-4-6-13/h2-12H,1H3. The highest BCUT2D eigenvalue weighted by atomic mass is 15.2. The van der Waals surface area contributed by atoms with Crippen LogP contribution >= 0.6 is 0 Å². The molecule has 2 heteroatoms. The van der Waals surface area contributed by atoms with E-state index in [1.165, 1.54) is 11.1 Å². The SMILES string of the molecule is Cn1ccc(-c2ccc(-c3ccccc3)cc2)n1. The molecular formula is C16H14N2. The maximum atomic E-state index is 4.40. The second kappa shape index (κ2) is 4.49. The lowest BCUT2D eigenvalue weighted by molar-refractivity contribution is 0.771. The molecule has 0 aliphatic rings. The topological polar surface area (TPSA) is 17.8 Å². The van der Waals surface area contributed by atoms with E-state index in [-0.39, 0.29) is 0 Å². The minimum atomic E-state index is 1.01. The van der Waals surface area contributed by atoms with E-state index in [1.54, 1.807) is 0 Å². The summed E-state index contributed by atoms with van der Waals surface area (Å²) in [6, 6.07) is 20.9. The van der Waals surface area contributed by atoms with Gasteiger partial charge in [0.05, 0.1) is 5.69 Å². The van der Waals surface area contributed by atoms with Crippen molar-refractivity contribution in [3.63, 3.8) is 0 Å². The first kappa shape index (κ1) is 10.8. The Hall–Kier alpha value is -2.35. The first-order valence-electron chi connectivity index (χ1n) is 5.98. The van der Waals surface area contributed by atoms with Crippen molar-refractivity contribution < 1.29 is 0 Å². The molecule has 0 radical (unpaired) electrons. The molecule has 2 nitrogen and oxygen atoms in total. The monoisotopic (exact) mass is 234 g/mol. The Morgan fingerprint density at radius 2 is 1.33 bits per heavy atom. The van der Waals surface area contributed by atoms with E-state index in [0.717, 1.165) is 11.3 Å². The van der Waals surface area contributed by atoms with Gasteiger partial charge in [-0.3, -0.25) is 4.68 Å². The van der Waals surface area contributed by atoms with E-state index >= 15 is 0 Å². The molecule has 0 bridgehead atoms. The van der Waals surface area contributed by atoms with Gasteiger partial charge in [0.2, 0.25) is 0 Å². The second-order valence-electron chi connectivity index (χ2n) is 4.32. The summed E-state index contributed by atoms with van der Waals surface area (Å²) in [7, 11) is 1.93. The van der Waals surface area contributed by atoms with Crippen LogP contribution in [0.25, 0.3) is 22.4 Å². The minimum Gasteiger partial charge on any atom is -0.275 e. The van der Waals surface area contributed by atoms with Crippen LogP contribution in [0.3, 0.4) is 0 Å². The largest absolute Gasteiger partial charge is 0.275 e. The molecule has 0 saturated heterocycles. The molecule has 0 N–H and O–H groups in total. The van der Waals surface area contributed by atoms with E-state index in [2.05, 4.69) is 53.6 Å². The highest BCUT2D eigenvalue weighted by molar-refractivity contribution is 5.68. The highest BCUT2D eigenvalue weighted by Gasteiger charge is 2.01. The summed E-state index contributed by atoms with van der Waals surface area (Å²) in [5.41, 5.74) is 4.63. The van der Waals surface area contributed by atoms with Crippen molar-refractivity contribution in [1.82, 2.24) is 9.78 Å². The summed E-state index contributed by atoms with van der Waals surface area (Å²) in [6.07, 6.45) is 1.96. The third-order valence-corrected chi connectivity index (χ3v) is 3.00. The van der Waals surface area contributed by atoms with Gasteiger partial charge in [-0.1, -0.05) is 54.6 Å². The number of hydrogen-bond donors (Lipinski definition) is 0. The molecule has 0 aliphatic carbocycles. The summed E-state index contributed by atoms with van der Waals surface area (Å²) in [5.74, 6) is 0. The molecule has 3 aromatic rings. The van der Waals surface area contributed by atoms with Crippen LogP contribution in [-0.2, 0) is 7.05 Å². The number of hydrogen-bond acceptors (Lipinski definition) is 1. The number of benzene rings is 2. The van der Waals surface area contributed by atoms with Gasteiger partial charge in [-0.25, -0.2) is 0 Å². The molecule has 1 aromatic heterocycles. The third-order valence-electron chi connectivity index (χ3n) is 3.00. The molecule has 3 rings (SSSR count). The van der Waals surface area contributed by atoms with Crippen molar-refractivity contribution >= 4 is 0 Å². The molecule has 0 amide bonds. The quantitative estimate of drug-likeness (QED) is 0.660. The fraction of sp³-hybridized carbons (Fsp3) is 0.0625. The Morgan fingerprint density at radius 3 is 1.94 bits per heavy atom. The maximum Gasteiger partial charge on any atom is 0.0923 e. The van der Waals surface area contributed by atoms with Gasteiger partial charge in [-0.15, -0.1) is 0 Å². The van der Waals surface area contributed by atoms with Crippen LogP contribution in [0.15, 0.2) is 66.9 Å². The number of aromatic nitrogens is 2. The molecule has 0 aliphatic heterocycles. The third kappa shape index (κ3) is 2.05. The van der Waals surface area contributed by atoms with E-state index in [0.29, 0.717) is 0 Å². The molecule has 88 valence electrons. The average Bonchev–Trinajstić information content (AvgIpc) is 2.87. The van der Waals surface area contributed by atoms with Crippen molar-refractivity contribution in [3.8, 4) is 22.4 Å².